The van der Waals surface area contributed by atoms with Gasteiger partial charge in [0, 0.05) is 6.54 Å². The fraction of sp³-hybridized carbons (Fsp3) is 0.500. The predicted molar refractivity (Wildman–Crippen MR) is 64.2 cm³/mol. The molecule has 1 aromatic rings. The molecule has 1 aromatic carbocycles. The Morgan fingerprint density at radius 3 is 2.50 bits per heavy atom. The van der Waals surface area contributed by atoms with Crippen molar-refractivity contribution in [2.75, 3.05) is 12.3 Å². The minimum atomic E-state index is -3.17. The third kappa shape index (κ3) is 2.28. The molecule has 0 spiro atoms. The molecule has 2 rings (SSSR count). The Hall–Kier alpha value is -0.870. The molecule has 0 fully saturated rings. The van der Waals surface area contributed by atoms with Gasteiger partial charge in [-0.3, -0.25) is 0 Å². The zero-order chi connectivity index (χ0) is 11.6. The van der Waals surface area contributed by atoms with E-state index in [0.29, 0.717) is 4.90 Å². The van der Waals surface area contributed by atoms with Gasteiger partial charge in [-0.1, -0.05) is 6.07 Å². The third-order valence-electron chi connectivity index (χ3n) is 3.07. The van der Waals surface area contributed by atoms with Gasteiger partial charge in [0.2, 0.25) is 0 Å². The van der Waals surface area contributed by atoms with Gasteiger partial charge in [-0.15, -0.1) is 0 Å². The summed E-state index contributed by atoms with van der Waals surface area (Å²) >= 11 is 0. The topological polar surface area (TPSA) is 60.2 Å². The van der Waals surface area contributed by atoms with Crippen LogP contribution in [0.2, 0.25) is 0 Å². The number of fused-ring (bicyclic) bond motifs is 1. The van der Waals surface area contributed by atoms with Crippen LogP contribution in [0.5, 0.6) is 0 Å². The van der Waals surface area contributed by atoms with E-state index in [-0.39, 0.29) is 12.3 Å². The van der Waals surface area contributed by atoms with Crippen LogP contribution in [0.3, 0.4) is 0 Å². The van der Waals surface area contributed by atoms with Crippen LogP contribution in [0, 0.1) is 0 Å². The van der Waals surface area contributed by atoms with Crippen molar-refractivity contribution in [3.8, 4) is 0 Å². The van der Waals surface area contributed by atoms with Crippen LogP contribution in [0.15, 0.2) is 23.1 Å². The lowest BCUT2D eigenvalue weighted by atomic mass is 9.92. The number of benzene rings is 1. The Morgan fingerprint density at radius 2 is 1.81 bits per heavy atom. The second kappa shape index (κ2) is 4.55. The lowest BCUT2D eigenvalue weighted by molar-refractivity contribution is 0.595. The largest absolute Gasteiger partial charge is 0.329 e. The second-order valence-corrected chi connectivity index (χ2v) is 6.35. The second-order valence-electron chi connectivity index (χ2n) is 4.25. The number of sulfone groups is 1. The quantitative estimate of drug-likeness (QED) is 0.865. The van der Waals surface area contributed by atoms with Crippen LogP contribution in [0.4, 0.5) is 0 Å². The van der Waals surface area contributed by atoms with E-state index < -0.39 is 9.84 Å². The zero-order valence-electron chi connectivity index (χ0n) is 9.28. The summed E-state index contributed by atoms with van der Waals surface area (Å²) in [6.07, 6.45) is 4.45. The number of hydrogen-bond donors (Lipinski definition) is 1. The fourth-order valence-electron chi connectivity index (χ4n) is 2.18. The summed E-state index contributed by atoms with van der Waals surface area (Å²) in [6.45, 7) is 0.180. The highest BCUT2D eigenvalue weighted by atomic mass is 32.2. The summed E-state index contributed by atoms with van der Waals surface area (Å²) in [6, 6.07) is 5.51. The van der Waals surface area contributed by atoms with Crippen LogP contribution in [0.25, 0.3) is 0 Å². The van der Waals surface area contributed by atoms with Gasteiger partial charge >= 0.3 is 0 Å². The molecule has 2 N–H and O–H groups in total. The molecule has 1 aliphatic rings. The summed E-state index contributed by atoms with van der Waals surface area (Å²) in [5.74, 6) is 0.0335. The molecule has 0 bridgehead atoms. The van der Waals surface area contributed by atoms with Gasteiger partial charge in [0.1, 0.15) is 0 Å². The van der Waals surface area contributed by atoms with E-state index in [0.717, 1.165) is 19.3 Å². The average molecular weight is 239 g/mol. The predicted octanol–water partition coefficient (Wildman–Crippen LogP) is 1.30. The Bertz CT molecular complexity index is 480. The third-order valence-corrected chi connectivity index (χ3v) is 4.81. The summed E-state index contributed by atoms with van der Waals surface area (Å²) in [4.78, 5) is 0.429. The van der Waals surface area contributed by atoms with E-state index in [4.69, 9.17) is 5.73 Å². The molecule has 0 aromatic heterocycles. The van der Waals surface area contributed by atoms with E-state index >= 15 is 0 Å². The molecular formula is C12H17NO2S. The highest BCUT2D eigenvalue weighted by molar-refractivity contribution is 7.91. The Kier molecular flexibility index (Phi) is 3.30. The molecule has 88 valence electrons. The van der Waals surface area contributed by atoms with Gasteiger partial charge in [-0.25, -0.2) is 8.42 Å². The lowest BCUT2D eigenvalue weighted by Crippen LogP contribution is -2.16. The molecular weight excluding hydrogens is 222 g/mol. The highest BCUT2D eigenvalue weighted by Crippen LogP contribution is 2.24. The van der Waals surface area contributed by atoms with Gasteiger partial charge in [0.05, 0.1) is 10.6 Å². The first-order valence-electron chi connectivity index (χ1n) is 5.68. The monoisotopic (exact) mass is 239 g/mol. The molecule has 0 saturated heterocycles. The van der Waals surface area contributed by atoms with Gasteiger partial charge in [-0.2, -0.15) is 0 Å². The summed E-state index contributed by atoms with van der Waals surface area (Å²) in [5, 5.41) is 0. The van der Waals surface area contributed by atoms with Crippen molar-refractivity contribution in [3.63, 3.8) is 0 Å². The molecule has 4 heteroatoms. The molecule has 16 heavy (non-hydrogen) atoms. The van der Waals surface area contributed by atoms with Crippen molar-refractivity contribution in [2.45, 2.75) is 30.6 Å². The minimum absolute atomic E-state index is 0.0335. The van der Waals surface area contributed by atoms with E-state index in [9.17, 15) is 8.42 Å². The Balaban J connectivity index is 2.37. The molecule has 0 saturated carbocycles. The summed E-state index contributed by atoms with van der Waals surface area (Å²) < 4.78 is 23.7. The average Bonchev–Trinajstić information content (AvgIpc) is 2.28. The maximum Gasteiger partial charge on any atom is 0.179 e. The SMILES string of the molecule is NCCS(=O)(=O)c1ccc2c(c1)CCCC2. The smallest absolute Gasteiger partial charge is 0.179 e. The maximum atomic E-state index is 11.8. The van der Waals surface area contributed by atoms with Gasteiger partial charge in [0.15, 0.2) is 9.84 Å². The molecule has 0 unspecified atom stereocenters. The first kappa shape index (κ1) is 11.6. The van der Waals surface area contributed by atoms with Crippen molar-refractivity contribution < 1.29 is 8.42 Å². The molecule has 1 aliphatic carbocycles. The Morgan fingerprint density at radius 1 is 1.12 bits per heavy atom. The van der Waals surface area contributed by atoms with Crippen molar-refractivity contribution in [1.82, 2.24) is 0 Å². The first-order valence-corrected chi connectivity index (χ1v) is 7.33. The Labute approximate surface area is 96.6 Å². The fourth-order valence-corrected chi connectivity index (χ4v) is 3.32. The summed E-state index contributed by atoms with van der Waals surface area (Å²) in [5.41, 5.74) is 7.81. The molecule has 0 radical (unpaired) electrons. The first-order chi connectivity index (χ1) is 7.63. The standard InChI is InChI=1S/C12H17NO2S/c13-7-8-16(14,15)12-6-5-10-3-1-2-4-11(10)9-12/h5-6,9H,1-4,7-8,13H2. The van der Waals surface area contributed by atoms with E-state index in [1.165, 1.54) is 17.5 Å². The molecule has 0 atom stereocenters. The van der Waals surface area contributed by atoms with Crippen molar-refractivity contribution >= 4 is 9.84 Å². The normalized spacial score (nSPS) is 15.8. The molecule has 0 amide bonds. The van der Waals surface area contributed by atoms with Crippen LogP contribution < -0.4 is 5.73 Å². The van der Waals surface area contributed by atoms with Gasteiger partial charge in [-0.05, 0) is 48.9 Å². The zero-order valence-corrected chi connectivity index (χ0v) is 10.1. The maximum absolute atomic E-state index is 11.8. The molecule has 3 nitrogen and oxygen atoms in total. The van der Waals surface area contributed by atoms with Crippen LogP contribution >= 0.6 is 0 Å². The summed E-state index contributed by atoms with van der Waals surface area (Å²) in [7, 11) is -3.17. The van der Waals surface area contributed by atoms with Crippen molar-refractivity contribution in [1.29, 1.82) is 0 Å². The van der Waals surface area contributed by atoms with E-state index in [2.05, 4.69) is 0 Å². The number of aryl methyl sites for hydroxylation is 2. The van der Waals surface area contributed by atoms with Gasteiger partial charge in [0.25, 0.3) is 0 Å². The lowest BCUT2D eigenvalue weighted by Gasteiger charge is -2.16. The van der Waals surface area contributed by atoms with Crippen LogP contribution in [-0.2, 0) is 22.7 Å². The van der Waals surface area contributed by atoms with E-state index in [1.54, 1.807) is 6.07 Å². The van der Waals surface area contributed by atoms with Crippen LogP contribution in [-0.4, -0.2) is 20.7 Å². The number of nitrogens with two attached hydrogens (primary N) is 1. The van der Waals surface area contributed by atoms with Crippen molar-refractivity contribution in [2.24, 2.45) is 5.73 Å². The van der Waals surface area contributed by atoms with Gasteiger partial charge < -0.3 is 5.73 Å². The molecule has 0 aliphatic heterocycles. The molecule has 0 heterocycles. The van der Waals surface area contributed by atoms with E-state index in [1.807, 2.05) is 12.1 Å². The minimum Gasteiger partial charge on any atom is -0.329 e. The number of rotatable bonds is 3. The highest BCUT2D eigenvalue weighted by Gasteiger charge is 2.16. The number of hydrogen-bond acceptors (Lipinski definition) is 3. The van der Waals surface area contributed by atoms with Crippen molar-refractivity contribution in [3.05, 3.63) is 29.3 Å². The van der Waals surface area contributed by atoms with Crippen LogP contribution in [0.1, 0.15) is 24.0 Å².